The number of carbonyl (C=O) groups excluding carboxylic acids is 1. The monoisotopic (exact) mass is 290 g/mol. The number of nitrogens with one attached hydrogen (secondary N) is 1. The molecule has 1 aliphatic heterocycles. The molecule has 0 spiro atoms. The SMILES string of the molecule is CC[C@H]1CN(C(=O)CN[C@H](C)c2ccccc2C)CCO1. The molecule has 1 fully saturated rings. The molecule has 0 saturated carbocycles. The summed E-state index contributed by atoms with van der Waals surface area (Å²) in [6.45, 7) is 8.75. The lowest BCUT2D eigenvalue weighted by Crippen LogP contribution is -2.48. The first-order valence-corrected chi connectivity index (χ1v) is 7.80. The van der Waals surface area contributed by atoms with Crippen molar-refractivity contribution in [3.05, 3.63) is 35.4 Å². The standard InChI is InChI=1S/C17H26N2O2/c1-4-15-12-19(9-10-21-15)17(20)11-18-14(3)16-8-6-5-7-13(16)2/h5-8,14-15,18H,4,9-12H2,1-3H3/t14-,15+/m1/s1. The zero-order chi connectivity index (χ0) is 15.2. The predicted octanol–water partition coefficient (Wildman–Crippen LogP) is 2.28. The number of hydrogen-bond donors (Lipinski definition) is 1. The number of ether oxygens (including phenoxy) is 1. The Kier molecular flexibility index (Phi) is 5.76. The molecule has 4 heteroatoms. The van der Waals surface area contributed by atoms with Crippen molar-refractivity contribution in [2.45, 2.75) is 39.3 Å². The Morgan fingerprint density at radius 1 is 1.48 bits per heavy atom. The average molecular weight is 290 g/mol. The fourth-order valence-corrected chi connectivity index (χ4v) is 2.73. The van der Waals surface area contributed by atoms with E-state index in [4.69, 9.17) is 4.74 Å². The van der Waals surface area contributed by atoms with Gasteiger partial charge in [0.2, 0.25) is 5.91 Å². The summed E-state index contributed by atoms with van der Waals surface area (Å²) in [6, 6.07) is 8.46. The summed E-state index contributed by atoms with van der Waals surface area (Å²) in [6.07, 6.45) is 1.15. The van der Waals surface area contributed by atoms with Crippen LogP contribution < -0.4 is 5.32 Å². The Morgan fingerprint density at radius 3 is 2.95 bits per heavy atom. The van der Waals surface area contributed by atoms with Crippen molar-refractivity contribution in [3.8, 4) is 0 Å². The van der Waals surface area contributed by atoms with E-state index in [9.17, 15) is 4.79 Å². The van der Waals surface area contributed by atoms with Gasteiger partial charge < -0.3 is 15.0 Å². The molecule has 0 unspecified atom stereocenters. The molecule has 1 saturated heterocycles. The van der Waals surface area contributed by atoms with Crippen molar-refractivity contribution < 1.29 is 9.53 Å². The van der Waals surface area contributed by atoms with Gasteiger partial charge in [0.15, 0.2) is 0 Å². The number of benzene rings is 1. The van der Waals surface area contributed by atoms with E-state index in [2.05, 4.69) is 38.2 Å². The Morgan fingerprint density at radius 2 is 2.24 bits per heavy atom. The molecule has 1 amide bonds. The molecule has 1 N–H and O–H groups in total. The first kappa shape index (κ1) is 16.0. The van der Waals surface area contributed by atoms with E-state index in [1.807, 2.05) is 17.0 Å². The van der Waals surface area contributed by atoms with Crippen LogP contribution in [0.5, 0.6) is 0 Å². The summed E-state index contributed by atoms with van der Waals surface area (Å²) < 4.78 is 5.60. The molecule has 21 heavy (non-hydrogen) atoms. The number of rotatable bonds is 5. The van der Waals surface area contributed by atoms with Gasteiger partial charge in [0.1, 0.15) is 0 Å². The van der Waals surface area contributed by atoms with Gasteiger partial charge in [-0.1, -0.05) is 31.2 Å². The predicted molar refractivity (Wildman–Crippen MR) is 84.2 cm³/mol. The van der Waals surface area contributed by atoms with Crippen LogP contribution in [0.4, 0.5) is 0 Å². The van der Waals surface area contributed by atoms with Gasteiger partial charge in [-0.2, -0.15) is 0 Å². The first-order chi connectivity index (χ1) is 10.1. The lowest BCUT2D eigenvalue weighted by molar-refractivity contribution is -0.138. The summed E-state index contributed by atoms with van der Waals surface area (Å²) >= 11 is 0. The minimum Gasteiger partial charge on any atom is -0.375 e. The van der Waals surface area contributed by atoms with Crippen LogP contribution in [0.25, 0.3) is 0 Å². The average Bonchev–Trinajstić information content (AvgIpc) is 2.52. The second-order valence-corrected chi connectivity index (χ2v) is 5.70. The van der Waals surface area contributed by atoms with Crippen molar-refractivity contribution in [2.75, 3.05) is 26.2 Å². The number of hydrogen-bond acceptors (Lipinski definition) is 3. The van der Waals surface area contributed by atoms with Crippen LogP contribution in [-0.2, 0) is 9.53 Å². The molecule has 0 radical (unpaired) electrons. The summed E-state index contributed by atoms with van der Waals surface area (Å²) in [5.74, 6) is 0.164. The maximum Gasteiger partial charge on any atom is 0.236 e. The summed E-state index contributed by atoms with van der Waals surface area (Å²) in [7, 11) is 0. The van der Waals surface area contributed by atoms with Crippen LogP contribution in [0.15, 0.2) is 24.3 Å². The van der Waals surface area contributed by atoms with E-state index in [0.717, 1.165) is 13.0 Å². The first-order valence-electron chi connectivity index (χ1n) is 7.80. The van der Waals surface area contributed by atoms with Gasteiger partial charge in [0.05, 0.1) is 19.3 Å². The summed E-state index contributed by atoms with van der Waals surface area (Å²) in [4.78, 5) is 14.2. The molecule has 0 aromatic heterocycles. The molecule has 2 rings (SSSR count). The highest BCUT2D eigenvalue weighted by Gasteiger charge is 2.23. The Labute approximate surface area is 127 Å². The van der Waals surface area contributed by atoms with Crippen molar-refractivity contribution in [1.82, 2.24) is 10.2 Å². The number of carbonyl (C=O) groups is 1. The zero-order valence-electron chi connectivity index (χ0n) is 13.3. The molecular weight excluding hydrogens is 264 g/mol. The van der Waals surface area contributed by atoms with Gasteiger partial charge in [-0.15, -0.1) is 0 Å². The smallest absolute Gasteiger partial charge is 0.236 e. The third-order valence-electron chi connectivity index (χ3n) is 4.16. The van der Waals surface area contributed by atoms with Crippen molar-refractivity contribution in [2.24, 2.45) is 0 Å². The van der Waals surface area contributed by atoms with Crippen LogP contribution in [-0.4, -0.2) is 43.2 Å². The molecule has 1 heterocycles. The van der Waals surface area contributed by atoms with Crippen LogP contribution >= 0.6 is 0 Å². The van der Waals surface area contributed by atoms with Gasteiger partial charge in [-0.25, -0.2) is 0 Å². The quantitative estimate of drug-likeness (QED) is 0.904. The Balaban J connectivity index is 1.85. The zero-order valence-corrected chi connectivity index (χ0v) is 13.3. The molecular formula is C17H26N2O2. The molecule has 1 aliphatic rings. The van der Waals surface area contributed by atoms with E-state index in [0.29, 0.717) is 19.7 Å². The highest BCUT2D eigenvalue weighted by molar-refractivity contribution is 5.78. The highest BCUT2D eigenvalue weighted by Crippen LogP contribution is 2.16. The molecule has 1 aromatic rings. The van der Waals surface area contributed by atoms with E-state index < -0.39 is 0 Å². The topological polar surface area (TPSA) is 41.6 Å². The summed E-state index contributed by atoms with van der Waals surface area (Å²) in [5, 5.41) is 3.34. The van der Waals surface area contributed by atoms with Gasteiger partial charge in [-0.05, 0) is 31.4 Å². The Bertz CT molecular complexity index is 476. The van der Waals surface area contributed by atoms with E-state index in [1.165, 1.54) is 11.1 Å². The van der Waals surface area contributed by atoms with Crippen LogP contribution in [0, 0.1) is 6.92 Å². The largest absolute Gasteiger partial charge is 0.375 e. The minimum atomic E-state index is 0.164. The van der Waals surface area contributed by atoms with Crippen molar-refractivity contribution in [3.63, 3.8) is 0 Å². The number of amides is 1. The van der Waals surface area contributed by atoms with Gasteiger partial charge in [0.25, 0.3) is 0 Å². The normalized spacial score (nSPS) is 20.3. The highest BCUT2D eigenvalue weighted by atomic mass is 16.5. The molecule has 2 atom stereocenters. The van der Waals surface area contributed by atoms with Crippen molar-refractivity contribution in [1.29, 1.82) is 0 Å². The fraction of sp³-hybridized carbons (Fsp3) is 0.588. The third kappa shape index (κ3) is 4.29. The van der Waals surface area contributed by atoms with E-state index >= 15 is 0 Å². The van der Waals surface area contributed by atoms with Crippen molar-refractivity contribution >= 4 is 5.91 Å². The molecule has 0 bridgehead atoms. The van der Waals surface area contributed by atoms with Crippen LogP contribution in [0.3, 0.4) is 0 Å². The second-order valence-electron chi connectivity index (χ2n) is 5.70. The lowest BCUT2D eigenvalue weighted by atomic mass is 10.0. The van der Waals surface area contributed by atoms with Gasteiger partial charge >= 0.3 is 0 Å². The fourth-order valence-electron chi connectivity index (χ4n) is 2.73. The molecule has 1 aromatic carbocycles. The molecule has 116 valence electrons. The van der Waals surface area contributed by atoms with E-state index in [-0.39, 0.29) is 18.1 Å². The number of nitrogens with zero attached hydrogens (tertiary/aromatic N) is 1. The second kappa shape index (κ2) is 7.57. The Hall–Kier alpha value is -1.39. The van der Waals surface area contributed by atoms with Crippen LogP contribution in [0.1, 0.15) is 37.4 Å². The summed E-state index contributed by atoms with van der Waals surface area (Å²) in [5.41, 5.74) is 2.50. The minimum absolute atomic E-state index is 0.164. The third-order valence-corrected chi connectivity index (χ3v) is 4.16. The van der Waals surface area contributed by atoms with Gasteiger partial charge in [-0.3, -0.25) is 4.79 Å². The number of morpholine rings is 1. The molecule has 4 nitrogen and oxygen atoms in total. The van der Waals surface area contributed by atoms with Crippen LogP contribution in [0.2, 0.25) is 0 Å². The maximum absolute atomic E-state index is 12.3. The van der Waals surface area contributed by atoms with Gasteiger partial charge in [0, 0.05) is 19.1 Å². The lowest BCUT2D eigenvalue weighted by Gasteiger charge is -2.33. The van der Waals surface area contributed by atoms with E-state index in [1.54, 1.807) is 0 Å². The number of aryl methyl sites for hydroxylation is 1. The maximum atomic E-state index is 12.3. The molecule has 0 aliphatic carbocycles.